The molecule has 0 N–H and O–H groups in total. The zero-order valence-corrected chi connectivity index (χ0v) is 9.42. The molecule has 0 aromatic carbocycles. The molecule has 0 aliphatic rings. The van der Waals surface area contributed by atoms with Crippen LogP contribution < -0.4 is 4.74 Å². The van der Waals surface area contributed by atoms with E-state index in [-0.39, 0.29) is 0 Å². The summed E-state index contributed by atoms with van der Waals surface area (Å²) in [6.45, 7) is 9.16. The van der Waals surface area contributed by atoms with Crippen molar-refractivity contribution in [3.05, 3.63) is 23.5 Å². The molecule has 1 radical (unpaired) electrons. The summed E-state index contributed by atoms with van der Waals surface area (Å²) in [6, 6.07) is 0. The van der Waals surface area contributed by atoms with Crippen LogP contribution in [0.1, 0.15) is 31.4 Å². The molecular weight excluding hydrogens is 174 g/mol. The fraction of sp³-hybridized carbons (Fsp3) is 0.583. The summed E-state index contributed by atoms with van der Waals surface area (Å²) in [5.74, 6) is 1.63. The van der Waals surface area contributed by atoms with Gasteiger partial charge in [0, 0.05) is 17.3 Å². The average Bonchev–Trinajstić information content (AvgIpc) is 2.09. The lowest BCUT2D eigenvalue weighted by Gasteiger charge is -2.11. The van der Waals surface area contributed by atoms with E-state index in [1.165, 1.54) is 0 Å². The van der Waals surface area contributed by atoms with Gasteiger partial charge in [-0.25, -0.2) is 0 Å². The van der Waals surface area contributed by atoms with Crippen LogP contribution in [0, 0.1) is 26.0 Å². The first-order valence-electron chi connectivity index (χ1n) is 5.08. The third-order valence-electron chi connectivity index (χ3n) is 2.13. The van der Waals surface area contributed by atoms with Crippen LogP contribution >= 0.6 is 0 Å². The molecule has 0 aliphatic heterocycles. The maximum absolute atomic E-state index is 5.71. The summed E-state index contributed by atoms with van der Waals surface area (Å²) in [7, 11) is 0. The molecular formula is C12H18NO. The minimum atomic E-state index is 0.682. The number of rotatable bonds is 4. The highest BCUT2D eigenvalue weighted by Crippen LogP contribution is 2.20. The Balaban J connectivity index is 2.58. The maximum atomic E-state index is 5.71. The molecule has 1 rings (SSSR count). The molecule has 0 saturated carbocycles. The van der Waals surface area contributed by atoms with E-state index in [9.17, 15) is 0 Å². The number of aromatic nitrogens is 1. The lowest BCUT2D eigenvalue weighted by atomic mass is 10.1. The molecule has 14 heavy (non-hydrogen) atoms. The number of nitrogens with zero attached hydrogens (tertiary/aromatic N) is 1. The van der Waals surface area contributed by atoms with Crippen LogP contribution in [0.25, 0.3) is 0 Å². The van der Waals surface area contributed by atoms with Crippen molar-refractivity contribution in [3.8, 4) is 5.75 Å². The molecule has 0 unspecified atom stereocenters. The molecule has 0 aliphatic carbocycles. The fourth-order valence-corrected chi connectivity index (χ4v) is 1.25. The Kier molecular flexibility index (Phi) is 3.93. The Morgan fingerprint density at radius 2 is 2.14 bits per heavy atom. The van der Waals surface area contributed by atoms with E-state index in [4.69, 9.17) is 4.74 Å². The molecule has 1 heterocycles. The maximum Gasteiger partial charge on any atom is 0.128 e. The van der Waals surface area contributed by atoms with Crippen LogP contribution in [-0.4, -0.2) is 11.6 Å². The van der Waals surface area contributed by atoms with Crippen molar-refractivity contribution in [2.45, 2.75) is 34.1 Å². The number of hydrogen-bond acceptors (Lipinski definition) is 2. The van der Waals surface area contributed by atoms with Crippen molar-refractivity contribution in [2.75, 3.05) is 6.61 Å². The topological polar surface area (TPSA) is 22.1 Å². The Hall–Kier alpha value is -1.05. The van der Waals surface area contributed by atoms with Crippen LogP contribution in [0.3, 0.4) is 0 Å². The lowest BCUT2D eigenvalue weighted by Crippen LogP contribution is -2.04. The van der Waals surface area contributed by atoms with Gasteiger partial charge >= 0.3 is 0 Å². The molecule has 0 spiro atoms. The van der Waals surface area contributed by atoms with Crippen LogP contribution in [0.5, 0.6) is 5.75 Å². The second-order valence-electron chi connectivity index (χ2n) is 4.04. The predicted octanol–water partition coefficient (Wildman–Crippen LogP) is 2.92. The number of pyridine rings is 1. The number of hydrogen-bond donors (Lipinski definition) is 0. The van der Waals surface area contributed by atoms with Crippen molar-refractivity contribution >= 4 is 0 Å². The molecule has 77 valence electrons. The van der Waals surface area contributed by atoms with E-state index in [2.05, 4.69) is 25.0 Å². The first-order chi connectivity index (χ1) is 6.61. The largest absolute Gasteiger partial charge is 0.493 e. The van der Waals surface area contributed by atoms with Crippen molar-refractivity contribution in [2.24, 2.45) is 5.92 Å². The Morgan fingerprint density at radius 1 is 1.43 bits per heavy atom. The standard InChI is InChI=1S/C12H18NO/c1-9(2)5-6-14-12-10(3)7-13-8-11(12)4/h7,9H,5-6H2,1-4H3. The van der Waals surface area contributed by atoms with Gasteiger partial charge < -0.3 is 4.74 Å². The SMILES string of the molecule is Cc1[c]ncc(C)c1OCCC(C)C. The molecule has 0 saturated heterocycles. The normalized spacial score (nSPS) is 10.6. The van der Waals surface area contributed by atoms with Crippen molar-refractivity contribution in [3.63, 3.8) is 0 Å². The van der Waals surface area contributed by atoms with Gasteiger partial charge in [0.2, 0.25) is 0 Å². The van der Waals surface area contributed by atoms with Crippen LogP contribution in [0.2, 0.25) is 0 Å². The van der Waals surface area contributed by atoms with Crippen LogP contribution in [0.4, 0.5) is 0 Å². The summed E-state index contributed by atoms with van der Waals surface area (Å²) in [5.41, 5.74) is 2.08. The molecule has 0 atom stereocenters. The third kappa shape index (κ3) is 3.02. The highest BCUT2D eigenvalue weighted by Gasteiger charge is 2.04. The number of aryl methyl sites for hydroxylation is 2. The molecule has 0 bridgehead atoms. The summed E-state index contributed by atoms with van der Waals surface area (Å²) in [6.07, 6.45) is 5.78. The second-order valence-corrected chi connectivity index (χ2v) is 4.04. The van der Waals surface area contributed by atoms with Gasteiger partial charge in [-0.15, -0.1) is 0 Å². The average molecular weight is 192 g/mol. The first kappa shape index (κ1) is 11.0. The molecule has 2 nitrogen and oxygen atoms in total. The zero-order valence-electron chi connectivity index (χ0n) is 9.42. The van der Waals surface area contributed by atoms with Gasteiger partial charge in [0.25, 0.3) is 0 Å². The molecule has 0 fully saturated rings. The van der Waals surface area contributed by atoms with Gasteiger partial charge in [-0.05, 0) is 26.2 Å². The summed E-state index contributed by atoms with van der Waals surface area (Å²) >= 11 is 0. The van der Waals surface area contributed by atoms with E-state index >= 15 is 0 Å². The van der Waals surface area contributed by atoms with Crippen LogP contribution in [0.15, 0.2) is 6.20 Å². The summed E-state index contributed by atoms with van der Waals surface area (Å²) < 4.78 is 5.71. The Bertz CT molecular complexity index is 274. The van der Waals surface area contributed by atoms with Gasteiger partial charge in [-0.2, -0.15) is 0 Å². The quantitative estimate of drug-likeness (QED) is 0.731. The summed E-state index contributed by atoms with van der Waals surface area (Å²) in [5, 5.41) is 0. The molecule has 0 amide bonds. The monoisotopic (exact) mass is 192 g/mol. The van der Waals surface area contributed by atoms with E-state index in [1.807, 2.05) is 13.8 Å². The van der Waals surface area contributed by atoms with Crippen molar-refractivity contribution in [1.82, 2.24) is 4.98 Å². The highest BCUT2D eigenvalue weighted by atomic mass is 16.5. The van der Waals surface area contributed by atoms with E-state index < -0.39 is 0 Å². The second kappa shape index (κ2) is 4.99. The van der Waals surface area contributed by atoms with E-state index in [0.717, 1.165) is 29.9 Å². The summed E-state index contributed by atoms with van der Waals surface area (Å²) in [4.78, 5) is 3.98. The first-order valence-corrected chi connectivity index (χ1v) is 5.08. The molecule has 2 heteroatoms. The minimum Gasteiger partial charge on any atom is -0.493 e. The van der Waals surface area contributed by atoms with Gasteiger partial charge in [-0.1, -0.05) is 13.8 Å². The molecule has 1 aromatic rings. The lowest BCUT2D eigenvalue weighted by molar-refractivity contribution is 0.285. The highest BCUT2D eigenvalue weighted by molar-refractivity contribution is 5.35. The molecule has 1 aromatic heterocycles. The van der Waals surface area contributed by atoms with Gasteiger partial charge in [0.05, 0.1) is 12.8 Å². The van der Waals surface area contributed by atoms with E-state index in [1.54, 1.807) is 6.20 Å². The van der Waals surface area contributed by atoms with Gasteiger partial charge in [0.15, 0.2) is 0 Å². The minimum absolute atomic E-state index is 0.682. The zero-order chi connectivity index (χ0) is 10.6. The Morgan fingerprint density at radius 3 is 2.71 bits per heavy atom. The predicted molar refractivity (Wildman–Crippen MR) is 57.5 cm³/mol. The van der Waals surface area contributed by atoms with Crippen LogP contribution in [-0.2, 0) is 0 Å². The van der Waals surface area contributed by atoms with Gasteiger partial charge in [0.1, 0.15) is 5.75 Å². The van der Waals surface area contributed by atoms with Crippen molar-refractivity contribution < 1.29 is 4.74 Å². The van der Waals surface area contributed by atoms with Crippen molar-refractivity contribution in [1.29, 1.82) is 0 Å². The van der Waals surface area contributed by atoms with Gasteiger partial charge in [-0.3, -0.25) is 4.98 Å². The fourth-order valence-electron chi connectivity index (χ4n) is 1.25. The number of ether oxygens (including phenoxy) is 1. The third-order valence-corrected chi connectivity index (χ3v) is 2.13. The smallest absolute Gasteiger partial charge is 0.128 e. The Labute approximate surface area is 86.3 Å². The van der Waals surface area contributed by atoms with E-state index in [0.29, 0.717) is 5.92 Å².